The zero-order valence-corrected chi connectivity index (χ0v) is 19.6. The number of oxazole rings is 1. The molecule has 0 radical (unpaired) electrons. The molecule has 1 aliphatic rings. The van der Waals surface area contributed by atoms with Gasteiger partial charge in [0.15, 0.2) is 11.3 Å². The number of aromatic nitrogens is 4. The van der Waals surface area contributed by atoms with Crippen LogP contribution in [0.25, 0.3) is 22.5 Å². The number of pyridine rings is 1. The average Bonchev–Trinajstić information content (AvgIpc) is 3.50. The maximum Gasteiger partial charge on any atom is 0.277 e. The van der Waals surface area contributed by atoms with E-state index in [1.54, 1.807) is 6.20 Å². The normalized spacial score (nSPS) is 14.4. The van der Waals surface area contributed by atoms with E-state index in [1.165, 1.54) is 6.26 Å². The summed E-state index contributed by atoms with van der Waals surface area (Å²) in [6.07, 6.45) is 6.74. The van der Waals surface area contributed by atoms with Crippen LogP contribution in [-0.2, 0) is 11.3 Å². The highest BCUT2D eigenvalue weighted by molar-refractivity contribution is 6.04. The number of carbonyl (C=O) groups excluding carboxylic acids is 1. The molecule has 2 N–H and O–H groups in total. The van der Waals surface area contributed by atoms with Crippen LogP contribution in [0.5, 0.6) is 0 Å². The van der Waals surface area contributed by atoms with Crippen molar-refractivity contribution in [1.82, 2.24) is 19.7 Å². The first-order valence-electron chi connectivity index (χ1n) is 11.6. The van der Waals surface area contributed by atoms with Gasteiger partial charge in [-0.15, -0.1) is 0 Å². The Morgan fingerprint density at radius 3 is 2.65 bits per heavy atom. The third kappa shape index (κ3) is 4.14. The van der Waals surface area contributed by atoms with Crippen molar-refractivity contribution < 1.29 is 13.9 Å². The molecule has 3 aromatic heterocycles. The average molecular weight is 461 g/mol. The highest BCUT2D eigenvalue weighted by Gasteiger charge is 2.23. The molecule has 1 fully saturated rings. The summed E-state index contributed by atoms with van der Waals surface area (Å²) >= 11 is 0. The third-order valence-electron chi connectivity index (χ3n) is 6.22. The first-order valence-corrected chi connectivity index (χ1v) is 11.6. The van der Waals surface area contributed by atoms with E-state index >= 15 is 0 Å². The number of anilines is 2. The minimum Gasteiger partial charge on any atom is -0.443 e. The number of carbonyl (C=O) groups is 1. The highest BCUT2D eigenvalue weighted by atomic mass is 16.5. The molecule has 9 heteroatoms. The quantitative estimate of drug-likeness (QED) is 0.434. The van der Waals surface area contributed by atoms with E-state index in [-0.39, 0.29) is 17.6 Å². The molecule has 0 bridgehead atoms. The van der Waals surface area contributed by atoms with E-state index in [1.807, 2.05) is 49.8 Å². The molecular formula is C25H28N6O3. The molecule has 4 heterocycles. The Morgan fingerprint density at radius 1 is 1.15 bits per heavy atom. The van der Waals surface area contributed by atoms with Crippen molar-refractivity contribution in [3.05, 3.63) is 53.7 Å². The lowest BCUT2D eigenvalue weighted by Crippen LogP contribution is -2.28. The summed E-state index contributed by atoms with van der Waals surface area (Å²) in [5, 5.41) is 12.0. The maximum absolute atomic E-state index is 12.9. The Labute approximate surface area is 197 Å². The fourth-order valence-corrected chi connectivity index (χ4v) is 4.31. The zero-order chi connectivity index (χ0) is 23.7. The Morgan fingerprint density at radius 2 is 1.91 bits per heavy atom. The smallest absolute Gasteiger partial charge is 0.277 e. The second-order valence-electron chi connectivity index (χ2n) is 8.53. The minimum atomic E-state index is -0.320. The number of para-hydroxylation sites is 1. The molecule has 9 nitrogen and oxygen atoms in total. The van der Waals surface area contributed by atoms with Gasteiger partial charge in [-0.05, 0) is 44.7 Å². The summed E-state index contributed by atoms with van der Waals surface area (Å²) in [4.78, 5) is 22.1. The van der Waals surface area contributed by atoms with E-state index in [4.69, 9.17) is 9.15 Å². The van der Waals surface area contributed by atoms with Crippen molar-refractivity contribution in [1.29, 1.82) is 0 Å². The molecule has 34 heavy (non-hydrogen) atoms. The molecule has 1 aliphatic heterocycles. The van der Waals surface area contributed by atoms with Gasteiger partial charge >= 0.3 is 0 Å². The Bertz CT molecular complexity index is 1320. The van der Waals surface area contributed by atoms with Crippen molar-refractivity contribution >= 4 is 28.3 Å². The zero-order valence-electron chi connectivity index (χ0n) is 19.6. The number of nitrogens with one attached hydrogen (secondary N) is 2. The molecule has 0 atom stereocenters. The monoisotopic (exact) mass is 460 g/mol. The molecule has 0 unspecified atom stereocenters. The molecule has 0 saturated carbocycles. The minimum absolute atomic E-state index is 0.207. The van der Waals surface area contributed by atoms with E-state index in [2.05, 4.69) is 25.7 Å². The van der Waals surface area contributed by atoms with Crippen molar-refractivity contribution in [3.63, 3.8) is 0 Å². The van der Waals surface area contributed by atoms with Crippen LogP contribution in [0.3, 0.4) is 0 Å². The van der Waals surface area contributed by atoms with Gasteiger partial charge in [0.25, 0.3) is 5.91 Å². The summed E-state index contributed by atoms with van der Waals surface area (Å²) in [7, 11) is 0. The van der Waals surface area contributed by atoms with Gasteiger partial charge in [-0.1, -0.05) is 18.2 Å². The number of hydrogen-bond donors (Lipinski definition) is 2. The van der Waals surface area contributed by atoms with E-state index in [0.29, 0.717) is 18.0 Å². The topological polar surface area (TPSA) is 107 Å². The van der Waals surface area contributed by atoms with Gasteiger partial charge in [0, 0.05) is 37.7 Å². The van der Waals surface area contributed by atoms with Gasteiger partial charge in [-0.3, -0.25) is 4.79 Å². The van der Waals surface area contributed by atoms with Crippen LogP contribution in [0.4, 0.5) is 11.4 Å². The molecule has 5 rings (SSSR count). The van der Waals surface area contributed by atoms with Gasteiger partial charge in [0.05, 0.1) is 22.8 Å². The van der Waals surface area contributed by atoms with Gasteiger partial charge in [-0.25, -0.2) is 14.6 Å². The van der Waals surface area contributed by atoms with Crippen molar-refractivity contribution in [2.45, 2.75) is 46.2 Å². The summed E-state index contributed by atoms with van der Waals surface area (Å²) < 4.78 is 13.1. The standard InChI is InChI=1S/C25H28N6O3/c1-4-31-23-18(13-27-31)22(28-17-8-10-33-11-9-17)19(12-26-23)25-29-20(14-34-25)24(32)30-21-15(2)6-5-7-16(21)3/h5-7,12-14,17H,4,8-11H2,1-3H3,(H,26,28)(H,30,32). The van der Waals surface area contributed by atoms with Gasteiger partial charge in [0.1, 0.15) is 6.26 Å². The Kier molecular flexibility index (Phi) is 6.02. The summed E-state index contributed by atoms with van der Waals surface area (Å²) in [6, 6.07) is 6.14. The second-order valence-corrected chi connectivity index (χ2v) is 8.53. The molecule has 1 amide bonds. The lowest BCUT2D eigenvalue weighted by atomic mass is 10.1. The van der Waals surface area contributed by atoms with Crippen LogP contribution < -0.4 is 10.6 Å². The van der Waals surface area contributed by atoms with Crippen LogP contribution in [0, 0.1) is 13.8 Å². The molecule has 0 spiro atoms. The Hall–Kier alpha value is -3.72. The number of amides is 1. The van der Waals surface area contributed by atoms with E-state index < -0.39 is 0 Å². The fraction of sp³-hybridized carbons (Fsp3) is 0.360. The lowest BCUT2D eigenvalue weighted by molar-refractivity contribution is 0.0905. The van der Waals surface area contributed by atoms with Gasteiger partial charge < -0.3 is 19.8 Å². The molecular weight excluding hydrogens is 432 g/mol. The molecule has 0 aliphatic carbocycles. The Balaban J connectivity index is 1.49. The van der Waals surface area contributed by atoms with Crippen LogP contribution in [0.2, 0.25) is 0 Å². The summed E-state index contributed by atoms with van der Waals surface area (Å²) in [6.45, 7) is 8.11. The van der Waals surface area contributed by atoms with Crippen LogP contribution in [0.1, 0.15) is 41.4 Å². The lowest BCUT2D eigenvalue weighted by Gasteiger charge is -2.25. The first kappa shape index (κ1) is 22.1. The predicted molar refractivity (Wildman–Crippen MR) is 130 cm³/mol. The van der Waals surface area contributed by atoms with Crippen LogP contribution in [-0.4, -0.2) is 44.9 Å². The number of ether oxygens (including phenoxy) is 1. The van der Waals surface area contributed by atoms with Crippen LogP contribution in [0.15, 0.2) is 41.3 Å². The summed E-state index contributed by atoms with van der Waals surface area (Å²) in [5.74, 6) is 0.0130. The fourth-order valence-electron chi connectivity index (χ4n) is 4.31. The van der Waals surface area contributed by atoms with Gasteiger partial charge in [-0.2, -0.15) is 5.10 Å². The number of aryl methyl sites for hydroxylation is 3. The number of hydrogen-bond acceptors (Lipinski definition) is 7. The van der Waals surface area contributed by atoms with Crippen LogP contribution >= 0.6 is 0 Å². The second kappa shape index (κ2) is 9.26. The maximum atomic E-state index is 12.9. The van der Waals surface area contributed by atoms with E-state index in [9.17, 15) is 4.79 Å². The van der Waals surface area contributed by atoms with Gasteiger partial charge in [0.2, 0.25) is 5.89 Å². The predicted octanol–water partition coefficient (Wildman–Crippen LogP) is 4.57. The highest BCUT2D eigenvalue weighted by Crippen LogP contribution is 2.35. The van der Waals surface area contributed by atoms with E-state index in [0.717, 1.165) is 59.6 Å². The van der Waals surface area contributed by atoms with Crippen molar-refractivity contribution in [2.24, 2.45) is 0 Å². The molecule has 1 saturated heterocycles. The number of benzene rings is 1. The van der Waals surface area contributed by atoms with Crippen molar-refractivity contribution in [3.8, 4) is 11.5 Å². The number of rotatable bonds is 6. The largest absolute Gasteiger partial charge is 0.443 e. The SMILES string of the molecule is CCn1ncc2c(NC3CCOCC3)c(-c3nc(C(=O)Nc4c(C)cccc4C)co3)cnc21. The summed E-state index contributed by atoms with van der Waals surface area (Å²) in [5.41, 5.74) is 5.32. The molecule has 1 aromatic carbocycles. The first-order chi connectivity index (χ1) is 16.5. The van der Waals surface area contributed by atoms with Crippen molar-refractivity contribution in [2.75, 3.05) is 23.8 Å². The number of nitrogens with zero attached hydrogens (tertiary/aromatic N) is 4. The molecule has 4 aromatic rings. The third-order valence-corrected chi connectivity index (χ3v) is 6.22. The number of fused-ring (bicyclic) bond motifs is 1. The molecule has 176 valence electrons.